The lowest BCUT2D eigenvalue weighted by molar-refractivity contribution is -0.132. The van der Waals surface area contributed by atoms with Crippen LogP contribution in [0.4, 0.5) is 0 Å². The molecule has 0 aromatic carbocycles. The molecule has 0 aliphatic heterocycles. The van der Waals surface area contributed by atoms with Gasteiger partial charge in [-0.05, 0) is 25.4 Å². The number of carbonyl (C=O) groups is 1. The molecule has 0 spiro atoms. The van der Waals surface area contributed by atoms with E-state index in [0.717, 1.165) is 39.1 Å². The van der Waals surface area contributed by atoms with Crippen LogP contribution in [-0.2, 0) is 4.79 Å². The van der Waals surface area contributed by atoms with Crippen LogP contribution in [0.5, 0.6) is 0 Å². The van der Waals surface area contributed by atoms with Gasteiger partial charge >= 0.3 is 0 Å². The maximum atomic E-state index is 12.3. The Labute approximate surface area is 119 Å². The number of likely N-dealkylation sites (N-methyl/N-ethyl adjacent to an activating group) is 1. The highest BCUT2D eigenvalue weighted by Crippen LogP contribution is 2.05. The van der Waals surface area contributed by atoms with Crippen LogP contribution < -0.4 is 5.73 Å². The normalized spacial score (nSPS) is 13.1. The van der Waals surface area contributed by atoms with E-state index in [1.807, 2.05) is 11.8 Å². The topological polar surface area (TPSA) is 49.6 Å². The predicted molar refractivity (Wildman–Crippen MR) is 82.1 cm³/mol. The van der Waals surface area contributed by atoms with Crippen molar-refractivity contribution in [3.8, 4) is 0 Å². The van der Waals surface area contributed by atoms with E-state index in [1.54, 1.807) is 0 Å². The summed E-state index contributed by atoms with van der Waals surface area (Å²) in [6.07, 6.45) is 1.33. The van der Waals surface area contributed by atoms with E-state index in [4.69, 9.17) is 5.73 Å². The molecule has 1 atom stereocenters. The van der Waals surface area contributed by atoms with Gasteiger partial charge < -0.3 is 15.5 Å². The molecule has 0 bridgehead atoms. The molecule has 0 radical (unpaired) electrons. The highest BCUT2D eigenvalue weighted by molar-refractivity contribution is 5.76. The van der Waals surface area contributed by atoms with Crippen LogP contribution in [0.1, 0.15) is 47.5 Å². The SMILES string of the molecule is CCC(N)CC(=O)N(CCN(CC)CC)CC(C)C. The van der Waals surface area contributed by atoms with E-state index in [-0.39, 0.29) is 11.9 Å². The molecule has 2 N–H and O–H groups in total. The van der Waals surface area contributed by atoms with Crippen molar-refractivity contribution in [1.82, 2.24) is 9.80 Å². The summed E-state index contributed by atoms with van der Waals surface area (Å²) in [6.45, 7) is 15.3. The molecule has 0 rings (SSSR count). The summed E-state index contributed by atoms with van der Waals surface area (Å²) in [5, 5.41) is 0. The Kier molecular flexibility index (Phi) is 9.88. The van der Waals surface area contributed by atoms with Crippen LogP contribution in [0.2, 0.25) is 0 Å². The molecule has 0 saturated heterocycles. The third kappa shape index (κ3) is 8.22. The summed E-state index contributed by atoms with van der Waals surface area (Å²) in [5.74, 6) is 0.703. The minimum atomic E-state index is -0.00406. The summed E-state index contributed by atoms with van der Waals surface area (Å²) >= 11 is 0. The zero-order valence-corrected chi connectivity index (χ0v) is 13.5. The zero-order valence-electron chi connectivity index (χ0n) is 13.5. The number of nitrogens with zero attached hydrogens (tertiary/aromatic N) is 2. The summed E-state index contributed by atoms with van der Waals surface area (Å²) in [6, 6.07) is -0.00406. The van der Waals surface area contributed by atoms with Gasteiger partial charge in [-0.15, -0.1) is 0 Å². The van der Waals surface area contributed by atoms with Gasteiger partial charge in [-0.1, -0.05) is 34.6 Å². The van der Waals surface area contributed by atoms with E-state index < -0.39 is 0 Å². The average Bonchev–Trinajstić information content (AvgIpc) is 2.37. The van der Waals surface area contributed by atoms with Crippen LogP contribution >= 0.6 is 0 Å². The molecule has 4 nitrogen and oxygen atoms in total. The maximum absolute atomic E-state index is 12.3. The minimum absolute atomic E-state index is 0.00406. The Bertz CT molecular complexity index is 240. The lowest BCUT2D eigenvalue weighted by Crippen LogP contribution is -2.42. The molecule has 0 fully saturated rings. The molecule has 0 saturated carbocycles. The van der Waals surface area contributed by atoms with Crippen LogP contribution in [-0.4, -0.2) is 54.5 Å². The van der Waals surface area contributed by atoms with Crippen molar-refractivity contribution in [2.24, 2.45) is 11.7 Å². The maximum Gasteiger partial charge on any atom is 0.224 e. The Balaban J connectivity index is 4.40. The second-order valence-corrected chi connectivity index (χ2v) is 5.63. The first-order valence-electron chi connectivity index (χ1n) is 7.70. The van der Waals surface area contributed by atoms with Gasteiger partial charge in [0.2, 0.25) is 5.91 Å². The van der Waals surface area contributed by atoms with Crippen LogP contribution in [0.25, 0.3) is 0 Å². The molecule has 0 aliphatic carbocycles. The Hall–Kier alpha value is -0.610. The second kappa shape index (κ2) is 10.2. The monoisotopic (exact) mass is 271 g/mol. The predicted octanol–water partition coefficient (Wildman–Crippen LogP) is 1.94. The summed E-state index contributed by atoms with van der Waals surface area (Å²) in [7, 11) is 0. The molecule has 1 unspecified atom stereocenters. The molecule has 1 amide bonds. The number of rotatable bonds is 10. The molecule has 0 aromatic heterocycles. The number of hydrogen-bond acceptors (Lipinski definition) is 3. The Morgan fingerprint density at radius 2 is 1.68 bits per heavy atom. The molecule has 0 aromatic rings. The third-order valence-electron chi connectivity index (χ3n) is 3.48. The zero-order chi connectivity index (χ0) is 14.8. The highest BCUT2D eigenvalue weighted by Gasteiger charge is 2.17. The van der Waals surface area contributed by atoms with Crippen molar-refractivity contribution < 1.29 is 4.79 Å². The quantitative estimate of drug-likeness (QED) is 0.660. The van der Waals surface area contributed by atoms with Gasteiger partial charge in [0.05, 0.1) is 0 Å². The minimum Gasteiger partial charge on any atom is -0.341 e. The van der Waals surface area contributed by atoms with E-state index in [2.05, 4.69) is 32.6 Å². The first-order chi connectivity index (χ1) is 8.94. The van der Waals surface area contributed by atoms with Crippen molar-refractivity contribution in [1.29, 1.82) is 0 Å². The van der Waals surface area contributed by atoms with Gasteiger partial charge in [0.15, 0.2) is 0 Å². The van der Waals surface area contributed by atoms with Crippen LogP contribution in [0, 0.1) is 5.92 Å². The molecule has 19 heavy (non-hydrogen) atoms. The highest BCUT2D eigenvalue weighted by atomic mass is 16.2. The number of hydrogen-bond donors (Lipinski definition) is 1. The van der Waals surface area contributed by atoms with Crippen molar-refractivity contribution in [3.63, 3.8) is 0 Å². The summed E-state index contributed by atoms with van der Waals surface area (Å²) in [4.78, 5) is 16.6. The van der Waals surface area contributed by atoms with Gasteiger partial charge in [0.1, 0.15) is 0 Å². The van der Waals surface area contributed by atoms with E-state index >= 15 is 0 Å². The van der Waals surface area contributed by atoms with E-state index in [1.165, 1.54) is 0 Å². The van der Waals surface area contributed by atoms with Crippen LogP contribution in [0.15, 0.2) is 0 Å². The largest absolute Gasteiger partial charge is 0.341 e. The fraction of sp³-hybridized carbons (Fsp3) is 0.933. The smallest absolute Gasteiger partial charge is 0.224 e. The number of amides is 1. The molecular formula is C15H33N3O. The summed E-state index contributed by atoms with van der Waals surface area (Å²) < 4.78 is 0. The number of nitrogens with two attached hydrogens (primary N) is 1. The summed E-state index contributed by atoms with van der Waals surface area (Å²) in [5.41, 5.74) is 5.89. The molecule has 114 valence electrons. The first-order valence-corrected chi connectivity index (χ1v) is 7.70. The van der Waals surface area contributed by atoms with Crippen molar-refractivity contribution >= 4 is 5.91 Å². The van der Waals surface area contributed by atoms with E-state index in [0.29, 0.717) is 12.3 Å². The van der Waals surface area contributed by atoms with Gasteiger partial charge in [-0.2, -0.15) is 0 Å². The van der Waals surface area contributed by atoms with E-state index in [9.17, 15) is 4.79 Å². The van der Waals surface area contributed by atoms with Gasteiger partial charge in [0.25, 0.3) is 0 Å². The first kappa shape index (κ1) is 18.4. The Morgan fingerprint density at radius 3 is 2.11 bits per heavy atom. The number of carbonyl (C=O) groups excluding carboxylic acids is 1. The molecular weight excluding hydrogens is 238 g/mol. The standard InChI is InChI=1S/C15H33N3O/c1-6-14(16)11-15(19)18(12-13(4)5)10-9-17(7-2)8-3/h13-14H,6-12,16H2,1-5H3. The molecule has 0 heterocycles. The Morgan fingerprint density at radius 1 is 1.11 bits per heavy atom. The van der Waals surface area contributed by atoms with Gasteiger partial charge in [0, 0.05) is 32.1 Å². The van der Waals surface area contributed by atoms with Gasteiger partial charge in [-0.25, -0.2) is 0 Å². The molecule has 0 aliphatic rings. The average molecular weight is 271 g/mol. The third-order valence-corrected chi connectivity index (χ3v) is 3.48. The lowest BCUT2D eigenvalue weighted by Gasteiger charge is -2.28. The van der Waals surface area contributed by atoms with Crippen molar-refractivity contribution in [3.05, 3.63) is 0 Å². The van der Waals surface area contributed by atoms with Crippen molar-refractivity contribution in [2.45, 2.75) is 53.5 Å². The fourth-order valence-electron chi connectivity index (χ4n) is 2.06. The molecule has 4 heteroatoms. The van der Waals surface area contributed by atoms with Crippen molar-refractivity contribution in [2.75, 3.05) is 32.7 Å². The van der Waals surface area contributed by atoms with Crippen LogP contribution in [0.3, 0.4) is 0 Å². The fourth-order valence-corrected chi connectivity index (χ4v) is 2.06. The van der Waals surface area contributed by atoms with Gasteiger partial charge in [-0.3, -0.25) is 4.79 Å². The lowest BCUT2D eigenvalue weighted by atomic mass is 10.1. The second-order valence-electron chi connectivity index (χ2n) is 5.63.